The molecule has 2 fully saturated rings. The van der Waals surface area contributed by atoms with Crippen LogP contribution in [0.5, 0.6) is 0 Å². The quantitative estimate of drug-likeness (QED) is 0.652. The fourth-order valence-corrected chi connectivity index (χ4v) is 6.14. The molecule has 2 amide bonds. The van der Waals surface area contributed by atoms with Crippen LogP contribution in [-0.2, 0) is 19.4 Å². The van der Waals surface area contributed by atoms with Gasteiger partial charge >= 0.3 is 0 Å². The predicted molar refractivity (Wildman–Crippen MR) is 125 cm³/mol. The normalized spacial score (nSPS) is 18.7. The van der Waals surface area contributed by atoms with E-state index in [0.717, 1.165) is 49.4 Å². The molecular weight excluding hydrogens is 448 g/mol. The summed E-state index contributed by atoms with van der Waals surface area (Å²) in [6.07, 6.45) is 5.22. The van der Waals surface area contributed by atoms with Crippen LogP contribution in [0.4, 0.5) is 0 Å². The Labute approximate surface area is 194 Å². The zero-order valence-electron chi connectivity index (χ0n) is 18.1. The molecule has 8 heteroatoms. The average Bonchev–Trinajstić information content (AvgIpc) is 3.01. The molecule has 32 heavy (non-hydrogen) atoms. The van der Waals surface area contributed by atoms with E-state index in [1.807, 2.05) is 4.90 Å². The Kier molecular flexibility index (Phi) is 7.05. The molecule has 2 aliphatic heterocycles. The number of carbonyl (C=O) groups excluding carboxylic acids is 2. The summed E-state index contributed by atoms with van der Waals surface area (Å²) in [7, 11) is -3.57. The Balaban J connectivity index is 1.32. The monoisotopic (exact) mass is 476 g/mol. The third-order valence-corrected chi connectivity index (χ3v) is 8.53. The number of hydrogen-bond donors (Lipinski definition) is 0. The highest BCUT2D eigenvalue weighted by molar-refractivity contribution is 7.91. The van der Waals surface area contributed by atoms with Crippen LogP contribution in [0.25, 0.3) is 10.8 Å². The minimum Gasteiger partial charge on any atom is -0.343 e. The van der Waals surface area contributed by atoms with E-state index in [9.17, 15) is 18.0 Å². The number of fused-ring (bicyclic) bond motifs is 1. The number of nitrogens with zero attached hydrogens (tertiary/aromatic N) is 2. The zero-order valence-corrected chi connectivity index (χ0v) is 19.7. The summed E-state index contributed by atoms with van der Waals surface area (Å²) >= 11 is 5.99. The van der Waals surface area contributed by atoms with Gasteiger partial charge in [0.25, 0.3) is 0 Å². The standard InChI is InChI=1S/C24H29ClN2O4S/c25-20-7-5-19-17-22(8-6-18(19)16-20)32(30,31)15-11-23(28)26-13-9-21(10-14-26)27-12-3-1-2-4-24(27)29/h5-8,16-17,21H,1-4,9-15H2. The summed E-state index contributed by atoms with van der Waals surface area (Å²) in [6.45, 7) is 1.96. The van der Waals surface area contributed by atoms with Crippen molar-refractivity contribution in [3.8, 4) is 0 Å². The molecule has 0 unspecified atom stereocenters. The molecule has 0 aromatic heterocycles. The second-order valence-electron chi connectivity index (χ2n) is 8.73. The topological polar surface area (TPSA) is 74.8 Å². The number of hydrogen-bond acceptors (Lipinski definition) is 4. The number of carbonyl (C=O) groups is 2. The van der Waals surface area contributed by atoms with Crippen LogP contribution < -0.4 is 0 Å². The third kappa shape index (κ3) is 5.26. The van der Waals surface area contributed by atoms with Crippen molar-refractivity contribution >= 4 is 44.0 Å². The number of piperidine rings is 1. The van der Waals surface area contributed by atoms with Gasteiger partial charge in [0.15, 0.2) is 9.84 Å². The minimum atomic E-state index is -3.57. The van der Waals surface area contributed by atoms with Gasteiger partial charge in [0, 0.05) is 43.5 Å². The van der Waals surface area contributed by atoms with E-state index in [2.05, 4.69) is 0 Å². The van der Waals surface area contributed by atoms with Crippen LogP contribution in [0.15, 0.2) is 41.3 Å². The first-order valence-electron chi connectivity index (χ1n) is 11.3. The van der Waals surface area contributed by atoms with Gasteiger partial charge in [-0.1, -0.05) is 30.2 Å². The van der Waals surface area contributed by atoms with Gasteiger partial charge in [0.05, 0.1) is 10.6 Å². The van der Waals surface area contributed by atoms with Crippen molar-refractivity contribution in [3.05, 3.63) is 41.4 Å². The maximum absolute atomic E-state index is 12.8. The number of sulfone groups is 1. The lowest BCUT2D eigenvalue weighted by atomic mass is 10.0. The summed E-state index contributed by atoms with van der Waals surface area (Å²) in [5.74, 6) is -0.118. The molecule has 2 aromatic rings. The average molecular weight is 477 g/mol. The second-order valence-corrected chi connectivity index (χ2v) is 11.3. The first-order chi connectivity index (χ1) is 15.3. The van der Waals surface area contributed by atoms with Crippen LogP contribution in [0.3, 0.4) is 0 Å². The summed E-state index contributed by atoms with van der Waals surface area (Å²) < 4.78 is 25.6. The smallest absolute Gasteiger partial charge is 0.223 e. The molecular formula is C24H29ClN2O4S. The number of benzene rings is 2. The van der Waals surface area contributed by atoms with E-state index >= 15 is 0 Å². The van der Waals surface area contributed by atoms with Crippen molar-refractivity contribution in [3.63, 3.8) is 0 Å². The van der Waals surface area contributed by atoms with Crippen LogP contribution in [0.1, 0.15) is 44.9 Å². The van der Waals surface area contributed by atoms with Crippen molar-refractivity contribution in [1.29, 1.82) is 0 Å². The molecule has 0 spiro atoms. The van der Waals surface area contributed by atoms with E-state index in [0.29, 0.717) is 24.5 Å². The van der Waals surface area contributed by atoms with Gasteiger partial charge in [-0.3, -0.25) is 9.59 Å². The van der Waals surface area contributed by atoms with Crippen molar-refractivity contribution in [2.45, 2.75) is 55.9 Å². The third-order valence-electron chi connectivity index (χ3n) is 6.59. The Hall–Kier alpha value is -2.12. The van der Waals surface area contributed by atoms with Gasteiger partial charge in [-0.05, 0) is 60.7 Å². The highest BCUT2D eigenvalue weighted by atomic mass is 35.5. The molecule has 6 nitrogen and oxygen atoms in total. The number of rotatable bonds is 5. The molecule has 172 valence electrons. The van der Waals surface area contributed by atoms with Crippen molar-refractivity contribution in [2.24, 2.45) is 0 Å². The highest BCUT2D eigenvalue weighted by Gasteiger charge is 2.30. The van der Waals surface area contributed by atoms with Crippen molar-refractivity contribution in [1.82, 2.24) is 9.80 Å². The Morgan fingerprint density at radius 3 is 2.47 bits per heavy atom. The molecule has 0 atom stereocenters. The minimum absolute atomic E-state index is 0.0334. The fourth-order valence-electron chi connectivity index (χ4n) is 4.70. The molecule has 0 aliphatic carbocycles. The van der Waals surface area contributed by atoms with Gasteiger partial charge in [0.2, 0.25) is 11.8 Å². The van der Waals surface area contributed by atoms with E-state index in [1.165, 1.54) is 0 Å². The van der Waals surface area contributed by atoms with Crippen molar-refractivity contribution < 1.29 is 18.0 Å². The summed E-state index contributed by atoms with van der Waals surface area (Å²) in [4.78, 5) is 29.0. The predicted octanol–water partition coefficient (Wildman–Crippen LogP) is 4.05. The molecule has 2 aliphatic rings. The first-order valence-corrected chi connectivity index (χ1v) is 13.4. The van der Waals surface area contributed by atoms with E-state index in [1.54, 1.807) is 41.3 Å². The van der Waals surface area contributed by atoms with Crippen LogP contribution in [0.2, 0.25) is 5.02 Å². The fraction of sp³-hybridized carbons (Fsp3) is 0.500. The zero-order chi connectivity index (χ0) is 22.7. The van der Waals surface area contributed by atoms with Crippen LogP contribution in [-0.4, -0.2) is 61.5 Å². The summed E-state index contributed by atoms with van der Waals surface area (Å²) in [6, 6.07) is 10.5. The summed E-state index contributed by atoms with van der Waals surface area (Å²) in [5, 5.41) is 2.27. The highest BCUT2D eigenvalue weighted by Crippen LogP contribution is 2.25. The Morgan fingerprint density at radius 2 is 1.69 bits per heavy atom. The molecule has 0 bridgehead atoms. The molecule has 4 rings (SSSR count). The first kappa shape index (κ1) is 23.1. The number of halogens is 1. The van der Waals surface area contributed by atoms with Gasteiger partial charge < -0.3 is 9.80 Å². The molecule has 0 N–H and O–H groups in total. The van der Waals surface area contributed by atoms with Crippen LogP contribution in [0, 0.1) is 0 Å². The second kappa shape index (κ2) is 9.79. The maximum atomic E-state index is 12.8. The SMILES string of the molecule is O=C(CCS(=O)(=O)c1ccc2cc(Cl)ccc2c1)N1CCC(N2CCCCCC2=O)CC1. The number of likely N-dealkylation sites (tertiary alicyclic amines) is 2. The van der Waals surface area contributed by atoms with Gasteiger partial charge in [-0.15, -0.1) is 0 Å². The Morgan fingerprint density at radius 1 is 0.969 bits per heavy atom. The molecule has 0 radical (unpaired) electrons. The lowest BCUT2D eigenvalue weighted by molar-refractivity contribution is -0.136. The molecule has 2 saturated heterocycles. The lowest BCUT2D eigenvalue weighted by Crippen LogP contribution is -2.48. The molecule has 2 aromatic carbocycles. The van der Waals surface area contributed by atoms with Crippen LogP contribution >= 0.6 is 11.6 Å². The maximum Gasteiger partial charge on any atom is 0.223 e. The molecule has 2 heterocycles. The van der Waals surface area contributed by atoms with Crippen molar-refractivity contribution in [2.75, 3.05) is 25.4 Å². The van der Waals surface area contributed by atoms with Gasteiger partial charge in [0.1, 0.15) is 0 Å². The lowest BCUT2D eigenvalue weighted by Gasteiger charge is -2.38. The van der Waals surface area contributed by atoms with E-state index in [-0.39, 0.29) is 34.9 Å². The summed E-state index contributed by atoms with van der Waals surface area (Å²) in [5.41, 5.74) is 0. The van der Waals surface area contributed by atoms with E-state index < -0.39 is 9.84 Å². The van der Waals surface area contributed by atoms with Gasteiger partial charge in [-0.25, -0.2) is 8.42 Å². The molecule has 0 saturated carbocycles. The largest absolute Gasteiger partial charge is 0.343 e. The van der Waals surface area contributed by atoms with Gasteiger partial charge in [-0.2, -0.15) is 0 Å². The number of amides is 2. The van der Waals surface area contributed by atoms with E-state index in [4.69, 9.17) is 11.6 Å². The Bertz CT molecular complexity index is 1110.